The molecule has 1 amide bonds. The van der Waals surface area contributed by atoms with E-state index in [0.717, 1.165) is 41.8 Å². The molecular formula is C25H37ClN6O2S. The van der Waals surface area contributed by atoms with Crippen molar-refractivity contribution < 1.29 is 9.00 Å². The number of hydrogen-bond donors (Lipinski definition) is 1. The molecule has 0 aliphatic carbocycles. The van der Waals surface area contributed by atoms with Gasteiger partial charge in [-0.2, -0.15) is 4.98 Å². The summed E-state index contributed by atoms with van der Waals surface area (Å²) < 4.78 is 12.6. The van der Waals surface area contributed by atoms with Gasteiger partial charge in [-0.15, -0.1) is 0 Å². The molecule has 4 rings (SSSR count). The number of carbonyl (C=O) groups excluding carboxylic acids is 1. The zero-order valence-corrected chi connectivity index (χ0v) is 23.0. The van der Waals surface area contributed by atoms with Gasteiger partial charge in [0.1, 0.15) is 10.7 Å². The molecule has 1 aromatic heterocycles. The van der Waals surface area contributed by atoms with E-state index in [-0.39, 0.29) is 5.91 Å². The normalized spacial score (nSPS) is 16.9. The molecule has 192 valence electrons. The van der Waals surface area contributed by atoms with E-state index < -0.39 is 10.8 Å². The van der Waals surface area contributed by atoms with Crippen LogP contribution in [0.3, 0.4) is 0 Å². The molecule has 35 heavy (non-hydrogen) atoms. The SMILES string of the molecule is CC.Cc1cc(Cl)ccc1N1CCN(c2nc3c(c(NCCCC(=O)N(C)C)n2)S(=O)CC3)CC1. The summed E-state index contributed by atoms with van der Waals surface area (Å²) in [5, 5.41) is 4.09. The molecule has 1 unspecified atom stereocenters. The Morgan fingerprint density at radius 3 is 2.49 bits per heavy atom. The quantitative estimate of drug-likeness (QED) is 0.557. The van der Waals surface area contributed by atoms with Crippen molar-refractivity contribution in [2.45, 2.75) is 44.9 Å². The van der Waals surface area contributed by atoms with Crippen LogP contribution in [-0.4, -0.2) is 77.6 Å². The number of halogens is 1. The van der Waals surface area contributed by atoms with Crippen LogP contribution in [0.4, 0.5) is 17.5 Å². The molecule has 8 nitrogen and oxygen atoms in total. The third-order valence-corrected chi connectivity index (χ3v) is 7.79. The van der Waals surface area contributed by atoms with Crippen LogP contribution in [0.1, 0.15) is 37.9 Å². The fourth-order valence-corrected chi connectivity index (χ4v) is 5.79. The topological polar surface area (TPSA) is 81.7 Å². The number of rotatable bonds is 7. The number of carbonyl (C=O) groups is 1. The van der Waals surface area contributed by atoms with Gasteiger partial charge < -0.3 is 20.0 Å². The van der Waals surface area contributed by atoms with Gasteiger partial charge in [0.05, 0.1) is 16.5 Å². The van der Waals surface area contributed by atoms with Crippen molar-refractivity contribution in [3.05, 3.63) is 34.5 Å². The summed E-state index contributed by atoms with van der Waals surface area (Å²) in [5.74, 6) is 2.03. The minimum absolute atomic E-state index is 0.0998. The van der Waals surface area contributed by atoms with Crippen molar-refractivity contribution in [1.29, 1.82) is 0 Å². The smallest absolute Gasteiger partial charge is 0.227 e. The van der Waals surface area contributed by atoms with E-state index in [1.807, 2.05) is 26.0 Å². The second-order valence-corrected chi connectivity index (χ2v) is 10.6. The van der Waals surface area contributed by atoms with E-state index in [1.165, 1.54) is 11.3 Å². The van der Waals surface area contributed by atoms with Crippen molar-refractivity contribution in [2.24, 2.45) is 0 Å². The summed E-state index contributed by atoms with van der Waals surface area (Å²) in [6.07, 6.45) is 1.86. The summed E-state index contributed by atoms with van der Waals surface area (Å²) in [6, 6.07) is 6.01. The van der Waals surface area contributed by atoms with E-state index in [1.54, 1.807) is 19.0 Å². The molecule has 1 atom stereocenters. The summed E-state index contributed by atoms with van der Waals surface area (Å²) in [6.45, 7) is 10.0. The van der Waals surface area contributed by atoms with Gasteiger partial charge in [0, 0.05) is 76.1 Å². The lowest BCUT2D eigenvalue weighted by molar-refractivity contribution is -0.128. The molecule has 2 aliphatic heterocycles. The third-order valence-electron chi connectivity index (χ3n) is 6.10. The van der Waals surface area contributed by atoms with E-state index >= 15 is 0 Å². The number of hydrogen-bond acceptors (Lipinski definition) is 7. The molecule has 1 N–H and O–H groups in total. The maximum absolute atomic E-state index is 12.6. The second kappa shape index (κ2) is 12.5. The lowest BCUT2D eigenvalue weighted by Gasteiger charge is -2.37. The second-order valence-electron chi connectivity index (χ2n) is 8.67. The first kappa shape index (κ1) is 27.2. The van der Waals surface area contributed by atoms with E-state index in [9.17, 15) is 9.00 Å². The number of amides is 1. The van der Waals surface area contributed by atoms with Gasteiger partial charge >= 0.3 is 0 Å². The predicted molar refractivity (Wildman–Crippen MR) is 145 cm³/mol. The molecule has 2 aromatic rings. The zero-order valence-electron chi connectivity index (χ0n) is 21.4. The Hall–Kier alpha value is -2.39. The highest BCUT2D eigenvalue weighted by molar-refractivity contribution is 7.85. The fraction of sp³-hybridized carbons (Fsp3) is 0.560. The molecule has 1 saturated heterocycles. The first-order valence-corrected chi connectivity index (χ1v) is 14.0. The number of nitrogens with zero attached hydrogens (tertiary/aromatic N) is 5. The molecule has 10 heteroatoms. The highest BCUT2D eigenvalue weighted by Crippen LogP contribution is 2.31. The first-order chi connectivity index (χ1) is 16.8. The zero-order chi connectivity index (χ0) is 25.5. The first-order valence-electron chi connectivity index (χ1n) is 12.3. The molecule has 1 fully saturated rings. The Bertz CT molecular complexity index is 1060. The standard InChI is InChI=1S/C23H31ClN6O2S.C2H6/c1-16-15-17(24)6-7-19(16)29-10-12-30(13-11-29)23-26-18-8-14-33(32)21(18)22(27-23)25-9-4-5-20(31)28(2)3;1-2/h6-7,15H,4-5,8-14H2,1-3H3,(H,25,26,27);1-2H3. The summed E-state index contributed by atoms with van der Waals surface area (Å²) in [7, 11) is 2.44. The number of piperazine rings is 1. The van der Waals surface area contributed by atoms with Crippen LogP contribution in [0.15, 0.2) is 23.1 Å². The summed E-state index contributed by atoms with van der Waals surface area (Å²) in [5.41, 5.74) is 3.26. The van der Waals surface area contributed by atoms with Crippen molar-refractivity contribution in [3.63, 3.8) is 0 Å². The Labute approximate surface area is 216 Å². The van der Waals surface area contributed by atoms with Crippen LogP contribution < -0.4 is 15.1 Å². The Morgan fingerprint density at radius 1 is 1.14 bits per heavy atom. The molecular weight excluding hydrogens is 484 g/mol. The van der Waals surface area contributed by atoms with E-state index in [2.05, 4.69) is 28.1 Å². The van der Waals surface area contributed by atoms with Crippen molar-refractivity contribution in [2.75, 3.05) is 67.7 Å². The van der Waals surface area contributed by atoms with Crippen LogP contribution in [-0.2, 0) is 22.0 Å². The predicted octanol–water partition coefficient (Wildman–Crippen LogP) is 3.74. The van der Waals surface area contributed by atoms with Gasteiger partial charge in [-0.3, -0.25) is 9.00 Å². The van der Waals surface area contributed by atoms with Gasteiger partial charge in [-0.1, -0.05) is 25.4 Å². The molecule has 0 radical (unpaired) electrons. The minimum atomic E-state index is -1.08. The van der Waals surface area contributed by atoms with Crippen LogP contribution in [0, 0.1) is 6.92 Å². The van der Waals surface area contributed by atoms with Gasteiger partial charge in [0.25, 0.3) is 0 Å². The van der Waals surface area contributed by atoms with Crippen molar-refractivity contribution in [1.82, 2.24) is 14.9 Å². The van der Waals surface area contributed by atoms with Gasteiger partial charge in [-0.05, 0) is 37.1 Å². The maximum atomic E-state index is 12.6. The lowest BCUT2D eigenvalue weighted by atomic mass is 10.1. The molecule has 0 spiro atoms. The Balaban J connectivity index is 0.00000167. The Morgan fingerprint density at radius 2 is 1.83 bits per heavy atom. The van der Waals surface area contributed by atoms with Gasteiger partial charge in [0.2, 0.25) is 11.9 Å². The average Bonchev–Trinajstić information content (AvgIpc) is 3.23. The van der Waals surface area contributed by atoms with Crippen LogP contribution in [0.5, 0.6) is 0 Å². The monoisotopic (exact) mass is 520 g/mol. The molecule has 0 bridgehead atoms. The molecule has 3 heterocycles. The fourth-order valence-electron chi connectivity index (χ4n) is 4.24. The van der Waals surface area contributed by atoms with Crippen LogP contribution >= 0.6 is 11.6 Å². The molecule has 0 saturated carbocycles. The number of benzene rings is 1. The van der Waals surface area contributed by atoms with E-state index in [0.29, 0.717) is 43.3 Å². The summed E-state index contributed by atoms with van der Waals surface area (Å²) >= 11 is 6.12. The maximum Gasteiger partial charge on any atom is 0.227 e. The Kier molecular flexibility index (Phi) is 9.74. The van der Waals surface area contributed by atoms with Crippen molar-refractivity contribution in [3.8, 4) is 0 Å². The third kappa shape index (κ3) is 6.64. The minimum Gasteiger partial charge on any atom is -0.369 e. The van der Waals surface area contributed by atoms with Crippen molar-refractivity contribution >= 4 is 45.8 Å². The van der Waals surface area contributed by atoms with Crippen LogP contribution in [0.25, 0.3) is 0 Å². The summed E-state index contributed by atoms with van der Waals surface area (Å²) in [4.78, 5) is 28.3. The van der Waals surface area contributed by atoms with E-state index in [4.69, 9.17) is 21.6 Å². The molecule has 2 aliphatic rings. The number of nitrogens with one attached hydrogen (secondary N) is 1. The number of aryl methyl sites for hydroxylation is 2. The van der Waals surface area contributed by atoms with Crippen LogP contribution in [0.2, 0.25) is 5.02 Å². The average molecular weight is 521 g/mol. The van der Waals surface area contributed by atoms with Gasteiger partial charge in [-0.25, -0.2) is 4.98 Å². The largest absolute Gasteiger partial charge is 0.369 e. The number of aromatic nitrogens is 2. The highest BCUT2D eigenvalue weighted by Gasteiger charge is 2.28. The molecule has 1 aromatic carbocycles. The van der Waals surface area contributed by atoms with Gasteiger partial charge in [0.15, 0.2) is 0 Å². The number of fused-ring (bicyclic) bond motifs is 1. The number of anilines is 3. The lowest BCUT2D eigenvalue weighted by Crippen LogP contribution is -2.47. The highest BCUT2D eigenvalue weighted by atomic mass is 35.5.